The fourth-order valence-electron chi connectivity index (χ4n) is 5.52. The van der Waals surface area contributed by atoms with E-state index in [9.17, 15) is 28.8 Å². The number of ether oxygens (including phenoxy) is 4. The van der Waals surface area contributed by atoms with Crippen LogP contribution in [0.4, 0.5) is 14.4 Å². The van der Waals surface area contributed by atoms with Crippen molar-refractivity contribution in [2.45, 2.75) is 110 Å². The number of unbranched alkanes of at least 4 members (excludes halogenated alkanes) is 2. The van der Waals surface area contributed by atoms with Gasteiger partial charge in [0.25, 0.3) is 0 Å². The number of benzene rings is 3. The molecule has 0 aliphatic carbocycles. The SMILES string of the molecule is CC(C)(C)OC(=O)[C@H](CCCCNC(=O)OCc1ccccc1)NC(=O)[C@H](CCCCNC(=O)OCc1ccccc1)NC(=O)CCCNC(=O)OCc1ccccc1. The molecule has 320 valence electrons. The van der Waals surface area contributed by atoms with Gasteiger partial charge in [0.15, 0.2) is 0 Å². The van der Waals surface area contributed by atoms with Crippen LogP contribution in [0, 0.1) is 0 Å². The van der Waals surface area contributed by atoms with Crippen molar-refractivity contribution in [1.29, 1.82) is 0 Å². The maximum atomic E-state index is 13.8. The Morgan fingerprint density at radius 2 is 0.898 bits per heavy atom. The Morgan fingerprint density at radius 1 is 0.508 bits per heavy atom. The van der Waals surface area contributed by atoms with Gasteiger partial charge in [-0.15, -0.1) is 0 Å². The lowest BCUT2D eigenvalue weighted by atomic mass is 10.1. The van der Waals surface area contributed by atoms with Gasteiger partial charge in [0.2, 0.25) is 11.8 Å². The van der Waals surface area contributed by atoms with Gasteiger partial charge in [0.05, 0.1) is 0 Å². The number of carbonyl (C=O) groups excluding carboxylic acids is 6. The minimum Gasteiger partial charge on any atom is -0.458 e. The van der Waals surface area contributed by atoms with Crippen LogP contribution in [-0.2, 0) is 53.2 Å². The van der Waals surface area contributed by atoms with Gasteiger partial charge in [-0.05, 0) is 82.4 Å². The zero-order valence-electron chi connectivity index (χ0n) is 34.3. The third kappa shape index (κ3) is 21.8. The number of hydrogen-bond donors (Lipinski definition) is 5. The van der Waals surface area contributed by atoms with Crippen LogP contribution >= 0.6 is 0 Å². The van der Waals surface area contributed by atoms with Crippen molar-refractivity contribution in [2.24, 2.45) is 0 Å². The molecular weight excluding hydrogens is 759 g/mol. The lowest BCUT2D eigenvalue weighted by Gasteiger charge is -2.26. The number of carbonyl (C=O) groups is 6. The van der Waals surface area contributed by atoms with Crippen LogP contribution in [-0.4, -0.2) is 73.4 Å². The molecule has 0 bridgehead atoms. The Morgan fingerprint density at radius 3 is 1.31 bits per heavy atom. The molecule has 0 unspecified atom stereocenters. The van der Waals surface area contributed by atoms with Gasteiger partial charge in [0, 0.05) is 26.1 Å². The molecule has 2 atom stereocenters. The highest BCUT2D eigenvalue weighted by molar-refractivity contribution is 5.90. The van der Waals surface area contributed by atoms with Crippen molar-refractivity contribution in [2.75, 3.05) is 19.6 Å². The molecule has 3 aromatic rings. The molecule has 5 N–H and O–H groups in total. The highest BCUT2D eigenvalue weighted by Gasteiger charge is 2.29. The van der Waals surface area contributed by atoms with Crippen LogP contribution in [0.15, 0.2) is 91.0 Å². The summed E-state index contributed by atoms with van der Waals surface area (Å²) in [5.74, 6) is -1.63. The van der Waals surface area contributed by atoms with Gasteiger partial charge in [-0.3, -0.25) is 9.59 Å². The summed E-state index contributed by atoms with van der Waals surface area (Å²) in [4.78, 5) is 76.6. The molecule has 0 saturated carbocycles. The predicted octanol–water partition coefficient (Wildman–Crippen LogP) is 6.20. The van der Waals surface area contributed by atoms with Gasteiger partial charge in [-0.25, -0.2) is 19.2 Å². The van der Waals surface area contributed by atoms with Crippen LogP contribution in [0.25, 0.3) is 0 Å². The minimum atomic E-state index is -1.03. The van der Waals surface area contributed by atoms with Crippen LogP contribution in [0.2, 0.25) is 0 Å². The fourth-order valence-corrected chi connectivity index (χ4v) is 5.52. The van der Waals surface area contributed by atoms with E-state index in [2.05, 4.69) is 26.6 Å². The van der Waals surface area contributed by atoms with E-state index in [1.54, 1.807) is 20.8 Å². The lowest BCUT2D eigenvalue weighted by Crippen LogP contribution is -2.52. The molecule has 0 spiro atoms. The summed E-state index contributed by atoms with van der Waals surface area (Å²) in [6.45, 7) is 6.27. The predicted molar refractivity (Wildman–Crippen MR) is 221 cm³/mol. The second-order valence-corrected chi connectivity index (χ2v) is 14.8. The van der Waals surface area contributed by atoms with E-state index >= 15 is 0 Å². The average molecular weight is 818 g/mol. The minimum absolute atomic E-state index is 0.00777. The maximum Gasteiger partial charge on any atom is 0.407 e. The van der Waals surface area contributed by atoms with Crippen molar-refractivity contribution in [3.05, 3.63) is 108 Å². The topological polar surface area (TPSA) is 199 Å². The Balaban J connectivity index is 1.52. The van der Waals surface area contributed by atoms with Gasteiger partial charge < -0.3 is 45.5 Å². The van der Waals surface area contributed by atoms with Crippen molar-refractivity contribution in [1.82, 2.24) is 26.6 Å². The second-order valence-electron chi connectivity index (χ2n) is 14.8. The summed E-state index contributed by atoms with van der Waals surface area (Å²) < 4.78 is 21.3. The quantitative estimate of drug-likeness (QED) is 0.0394. The fraction of sp³-hybridized carbons (Fsp3) is 0.455. The van der Waals surface area contributed by atoms with E-state index in [-0.39, 0.29) is 65.1 Å². The molecule has 0 saturated heterocycles. The van der Waals surface area contributed by atoms with E-state index < -0.39 is 53.7 Å². The standard InChI is InChI=1S/C44H59N5O10/c1-44(2,3)59-40(52)37(25-14-16-28-46-42(54)57-31-34-20-9-5-10-21-34)49-39(51)36(24-13-15-27-45-41(53)56-30-33-18-7-4-8-19-33)48-38(50)26-17-29-47-43(55)58-32-35-22-11-6-12-23-35/h4-12,18-23,36-37H,13-17,24-32H2,1-3H3,(H,45,53)(H,46,54)(H,47,55)(H,48,50)(H,49,51)/t36-,37-/m0/s1. The highest BCUT2D eigenvalue weighted by atomic mass is 16.6. The van der Waals surface area contributed by atoms with E-state index in [4.69, 9.17) is 18.9 Å². The number of rotatable bonds is 24. The Kier molecular flexibility index (Phi) is 21.4. The number of esters is 1. The van der Waals surface area contributed by atoms with Crippen LogP contribution in [0.5, 0.6) is 0 Å². The zero-order chi connectivity index (χ0) is 42.7. The molecule has 0 aliphatic heterocycles. The normalized spacial score (nSPS) is 11.8. The lowest BCUT2D eigenvalue weighted by molar-refractivity contribution is -0.159. The average Bonchev–Trinajstić information content (AvgIpc) is 3.22. The Labute approximate surface area is 346 Å². The molecule has 0 radical (unpaired) electrons. The third-order valence-electron chi connectivity index (χ3n) is 8.53. The molecule has 0 aliphatic rings. The smallest absolute Gasteiger partial charge is 0.407 e. The third-order valence-corrected chi connectivity index (χ3v) is 8.53. The first kappa shape index (κ1) is 47.3. The number of alkyl carbamates (subject to hydrolysis) is 3. The van der Waals surface area contributed by atoms with E-state index in [1.807, 2.05) is 91.0 Å². The summed E-state index contributed by atoms with van der Waals surface area (Å²) in [7, 11) is 0. The van der Waals surface area contributed by atoms with Crippen LogP contribution in [0.3, 0.4) is 0 Å². The molecule has 0 heterocycles. The van der Waals surface area contributed by atoms with E-state index in [0.29, 0.717) is 25.7 Å². The largest absolute Gasteiger partial charge is 0.458 e. The number of nitrogens with one attached hydrogen (secondary N) is 5. The summed E-state index contributed by atoms with van der Waals surface area (Å²) in [6, 6.07) is 25.8. The van der Waals surface area contributed by atoms with Gasteiger partial charge in [-0.1, -0.05) is 91.0 Å². The molecule has 3 rings (SSSR count). The molecule has 5 amide bonds. The van der Waals surface area contributed by atoms with Crippen LogP contribution < -0.4 is 26.6 Å². The highest BCUT2D eigenvalue weighted by Crippen LogP contribution is 2.13. The van der Waals surface area contributed by atoms with E-state index in [1.165, 1.54) is 0 Å². The first-order chi connectivity index (χ1) is 28.4. The monoisotopic (exact) mass is 817 g/mol. The first-order valence-electron chi connectivity index (χ1n) is 20.0. The maximum absolute atomic E-state index is 13.8. The summed E-state index contributed by atoms with van der Waals surface area (Å²) >= 11 is 0. The molecule has 59 heavy (non-hydrogen) atoms. The van der Waals surface area contributed by atoms with Crippen LogP contribution in [0.1, 0.15) is 88.8 Å². The Bertz CT molecular complexity index is 1720. The van der Waals surface area contributed by atoms with Gasteiger partial charge >= 0.3 is 24.2 Å². The van der Waals surface area contributed by atoms with Gasteiger partial charge in [-0.2, -0.15) is 0 Å². The second kappa shape index (κ2) is 26.7. The molecule has 0 fully saturated rings. The molecule has 3 aromatic carbocycles. The molecular formula is C44H59N5O10. The molecule has 0 aromatic heterocycles. The number of hydrogen-bond acceptors (Lipinski definition) is 10. The Hall–Kier alpha value is -6.12. The summed E-state index contributed by atoms with van der Waals surface area (Å²) in [6.07, 6.45) is 0.809. The van der Waals surface area contributed by atoms with Gasteiger partial charge in [0.1, 0.15) is 37.5 Å². The van der Waals surface area contributed by atoms with Crippen molar-refractivity contribution in [3.63, 3.8) is 0 Å². The van der Waals surface area contributed by atoms with E-state index in [0.717, 1.165) is 16.7 Å². The van der Waals surface area contributed by atoms with Crippen molar-refractivity contribution >= 4 is 36.1 Å². The van der Waals surface area contributed by atoms with Crippen molar-refractivity contribution in [3.8, 4) is 0 Å². The number of amides is 5. The summed E-state index contributed by atoms with van der Waals surface area (Å²) in [5, 5.41) is 13.6. The first-order valence-corrected chi connectivity index (χ1v) is 20.0. The summed E-state index contributed by atoms with van der Waals surface area (Å²) in [5.41, 5.74) is 1.73. The van der Waals surface area contributed by atoms with Crippen molar-refractivity contribution < 1.29 is 47.7 Å². The molecule has 15 nitrogen and oxygen atoms in total. The molecule has 15 heteroatoms. The zero-order valence-corrected chi connectivity index (χ0v) is 34.3.